The molecule has 0 amide bonds. The first kappa shape index (κ1) is 27.4. The molecule has 4 heteroatoms. The van der Waals surface area contributed by atoms with Gasteiger partial charge >= 0.3 is 0 Å². The highest BCUT2D eigenvalue weighted by Gasteiger charge is 2.18. The second-order valence-corrected chi connectivity index (χ2v) is 12.0. The molecular weight excluding hydrogens is 585 g/mol. The predicted molar refractivity (Wildman–Crippen MR) is 195 cm³/mol. The molecule has 0 radical (unpaired) electrons. The Morgan fingerprint density at radius 3 is 1.71 bits per heavy atom. The molecule has 0 aliphatic rings. The van der Waals surface area contributed by atoms with Crippen molar-refractivity contribution in [3.05, 3.63) is 169 Å². The van der Waals surface area contributed by atoms with Crippen LogP contribution in [0.1, 0.15) is 11.1 Å². The number of benzene rings is 7. The summed E-state index contributed by atoms with van der Waals surface area (Å²) in [6, 6.07) is 59.0. The number of hydrogen-bond donors (Lipinski definition) is 0. The van der Waals surface area contributed by atoms with E-state index in [-0.39, 0.29) is 0 Å². The molecule has 0 unspecified atom stereocenters. The van der Waals surface area contributed by atoms with Crippen LogP contribution < -0.4 is 0 Å². The molecule has 0 aliphatic heterocycles. The molecule has 0 spiro atoms. The van der Waals surface area contributed by atoms with Gasteiger partial charge in [0.1, 0.15) is 0 Å². The third kappa shape index (κ3) is 4.14. The van der Waals surface area contributed by atoms with E-state index in [1.807, 2.05) is 36.4 Å². The van der Waals surface area contributed by atoms with Crippen molar-refractivity contribution in [2.75, 3.05) is 0 Å². The Balaban J connectivity index is 1.23. The quantitative estimate of drug-likeness (QED) is 0.199. The van der Waals surface area contributed by atoms with Gasteiger partial charge in [0.15, 0.2) is 0 Å². The van der Waals surface area contributed by atoms with Crippen molar-refractivity contribution in [3.63, 3.8) is 0 Å². The monoisotopic (exact) mass is 610 g/mol. The highest BCUT2D eigenvalue weighted by atomic mass is 15.0. The van der Waals surface area contributed by atoms with Crippen molar-refractivity contribution in [1.29, 1.82) is 10.5 Å². The minimum Gasteiger partial charge on any atom is -0.309 e. The number of fused-ring (bicyclic) bond motifs is 6. The van der Waals surface area contributed by atoms with Gasteiger partial charge in [-0.2, -0.15) is 10.5 Å². The van der Waals surface area contributed by atoms with E-state index in [0.717, 1.165) is 66.5 Å². The van der Waals surface area contributed by atoms with Crippen LogP contribution >= 0.6 is 0 Å². The fourth-order valence-electron chi connectivity index (χ4n) is 7.30. The molecule has 48 heavy (non-hydrogen) atoms. The number of nitriles is 2. The predicted octanol–water partition coefficient (Wildman–Crippen LogP) is 11.0. The normalized spacial score (nSPS) is 11.3. The minimum atomic E-state index is 0.616. The lowest BCUT2D eigenvalue weighted by Gasteiger charge is -2.16. The summed E-state index contributed by atoms with van der Waals surface area (Å²) >= 11 is 0. The van der Waals surface area contributed by atoms with Crippen molar-refractivity contribution in [1.82, 2.24) is 9.13 Å². The van der Waals surface area contributed by atoms with E-state index in [2.05, 4.69) is 143 Å². The lowest BCUT2D eigenvalue weighted by molar-refractivity contribution is 1.18. The Morgan fingerprint density at radius 1 is 0.417 bits per heavy atom. The number of rotatable bonds is 4. The molecule has 0 bridgehead atoms. The molecule has 0 N–H and O–H groups in total. The number of nitrogens with zero attached hydrogens (tertiary/aromatic N) is 4. The summed E-state index contributed by atoms with van der Waals surface area (Å²) in [4.78, 5) is 0. The van der Waals surface area contributed by atoms with E-state index in [4.69, 9.17) is 0 Å². The van der Waals surface area contributed by atoms with Gasteiger partial charge in [0.05, 0.1) is 51.0 Å². The molecule has 9 rings (SSSR count). The maximum absolute atomic E-state index is 9.93. The summed E-state index contributed by atoms with van der Waals surface area (Å²) in [5.41, 5.74) is 11.8. The molecular formula is C44H26N4. The third-order valence-corrected chi connectivity index (χ3v) is 9.38. The van der Waals surface area contributed by atoms with E-state index in [1.165, 1.54) is 10.8 Å². The van der Waals surface area contributed by atoms with Crippen molar-refractivity contribution < 1.29 is 0 Å². The number of hydrogen-bond acceptors (Lipinski definition) is 2. The molecule has 222 valence electrons. The van der Waals surface area contributed by atoms with Gasteiger partial charge in [0.25, 0.3) is 0 Å². The average molecular weight is 611 g/mol. The first-order valence-electron chi connectivity index (χ1n) is 15.9. The first-order chi connectivity index (χ1) is 23.7. The molecule has 0 saturated carbocycles. The Kier molecular flexibility index (Phi) is 6.22. The van der Waals surface area contributed by atoms with Crippen LogP contribution in [-0.4, -0.2) is 9.13 Å². The summed E-state index contributed by atoms with van der Waals surface area (Å²) in [5, 5.41) is 24.3. The lowest BCUT2D eigenvalue weighted by Crippen LogP contribution is -1.98. The summed E-state index contributed by atoms with van der Waals surface area (Å²) in [5.74, 6) is 0. The van der Waals surface area contributed by atoms with Crippen molar-refractivity contribution in [2.45, 2.75) is 0 Å². The van der Waals surface area contributed by atoms with E-state index in [9.17, 15) is 10.5 Å². The van der Waals surface area contributed by atoms with Crippen LogP contribution in [0.3, 0.4) is 0 Å². The summed E-state index contributed by atoms with van der Waals surface area (Å²) in [6.45, 7) is 0. The van der Waals surface area contributed by atoms with Crippen LogP contribution in [0, 0.1) is 22.7 Å². The topological polar surface area (TPSA) is 57.4 Å². The molecule has 0 atom stereocenters. The first-order valence-corrected chi connectivity index (χ1v) is 15.9. The maximum Gasteiger partial charge on any atom is 0.0998 e. The molecule has 9 aromatic rings. The highest BCUT2D eigenvalue weighted by Crippen LogP contribution is 2.39. The fraction of sp³-hybridized carbons (Fsp3) is 0. The van der Waals surface area contributed by atoms with Gasteiger partial charge in [0.2, 0.25) is 0 Å². The zero-order valence-electron chi connectivity index (χ0n) is 25.8. The van der Waals surface area contributed by atoms with Crippen LogP contribution in [-0.2, 0) is 0 Å². The molecule has 2 heterocycles. The minimum absolute atomic E-state index is 0.616. The summed E-state index contributed by atoms with van der Waals surface area (Å²) < 4.78 is 4.56. The van der Waals surface area contributed by atoms with Crippen LogP contribution in [0.15, 0.2) is 158 Å². The molecule has 0 fully saturated rings. The van der Waals surface area contributed by atoms with Gasteiger partial charge in [-0.1, -0.05) is 91.0 Å². The Bertz CT molecular complexity index is 2760. The largest absolute Gasteiger partial charge is 0.309 e. The zero-order chi connectivity index (χ0) is 32.2. The van der Waals surface area contributed by atoms with Gasteiger partial charge in [-0.25, -0.2) is 0 Å². The zero-order valence-corrected chi connectivity index (χ0v) is 25.8. The summed E-state index contributed by atoms with van der Waals surface area (Å²) in [6.07, 6.45) is 0. The Morgan fingerprint density at radius 2 is 1.00 bits per heavy atom. The molecule has 7 aromatic carbocycles. The van der Waals surface area contributed by atoms with Crippen molar-refractivity contribution in [3.8, 4) is 45.8 Å². The number of para-hydroxylation sites is 3. The van der Waals surface area contributed by atoms with E-state index in [1.54, 1.807) is 0 Å². The highest BCUT2D eigenvalue weighted by molar-refractivity contribution is 6.12. The number of aromatic nitrogens is 2. The SMILES string of the molecule is N#Cc1ccc(-n2c3ccccc3c3ccccc32)c(-c2cccc(-c3cccc(-n4c5ccccc5c5c(C#N)cccc54)c3)c2)c1. The van der Waals surface area contributed by atoms with Crippen LogP contribution in [0.2, 0.25) is 0 Å². The molecule has 4 nitrogen and oxygen atoms in total. The van der Waals surface area contributed by atoms with Crippen molar-refractivity contribution >= 4 is 43.6 Å². The van der Waals surface area contributed by atoms with Gasteiger partial charge in [-0.15, -0.1) is 0 Å². The van der Waals surface area contributed by atoms with Crippen molar-refractivity contribution in [2.24, 2.45) is 0 Å². The maximum atomic E-state index is 9.93. The Labute approximate surface area is 277 Å². The fourth-order valence-corrected chi connectivity index (χ4v) is 7.30. The van der Waals surface area contributed by atoms with Crippen LogP contribution in [0.4, 0.5) is 0 Å². The smallest absolute Gasteiger partial charge is 0.0998 e. The van der Waals surface area contributed by atoms with Gasteiger partial charge in [-0.05, 0) is 83.4 Å². The Hall–Kier alpha value is -6.88. The average Bonchev–Trinajstić information content (AvgIpc) is 3.68. The van der Waals surface area contributed by atoms with Crippen LogP contribution in [0.25, 0.3) is 77.2 Å². The summed E-state index contributed by atoms with van der Waals surface area (Å²) in [7, 11) is 0. The van der Waals surface area contributed by atoms with E-state index >= 15 is 0 Å². The second-order valence-electron chi connectivity index (χ2n) is 12.0. The second kappa shape index (κ2) is 10.9. The third-order valence-electron chi connectivity index (χ3n) is 9.38. The van der Waals surface area contributed by atoms with E-state index < -0.39 is 0 Å². The van der Waals surface area contributed by atoms with Gasteiger partial charge in [0, 0.05) is 32.8 Å². The van der Waals surface area contributed by atoms with Gasteiger partial charge < -0.3 is 9.13 Å². The molecule has 0 saturated heterocycles. The molecule has 2 aromatic heterocycles. The van der Waals surface area contributed by atoms with E-state index in [0.29, 0.717) is 11.1 Å². The lowest BCUT2D eigenvalue weighted by atomic mass is 9.96. The van der Waals surface area contributed by atoms with Gasteiger partial charge in [-0.3, -0.25) is 0 Å². The standard InChI is InChI=1S/C44H26N4/c45-27-29-22-23-42(48-39-18-4-1-15-35(39)36-16-2-5-19-40(36)48)38(24-29)32-12-7-10-30(25-32)31-11-8-14-34(26-31)47-41-20-6-3-17-37(41)44-33(28-46)13-9-21-43(44)47/h1-26H. The molecule has 0 aliphatic carbocycles. The van der Waals surface area contributed by atoms with Crippen LogP contribution in [0.5, 0.6) is 0 Å².